The summed E-state index contributed by atoms with van der Waals surface area (Å²) in [5.41, 5.74) is 1.02. The van der Waals surface area contributed by atoms with Gasteiger partial charge < -0.3 is 15.0 Å². The van der Waals surface area contributed by atoms with Gasteiger partial charge in [-0.1, -0.05) is 6.92 Å². The average Bonchev–Trinajstić information content (AvgIpc) is 3.30. The van der Waals surface area contributed by atoms with Crippen LogP contribution in [0.3, 0.4) is 0 Å². The van der Waals surface area contributed by atoms with Gasteiger partial charge in [0.2, 0.25) is 0 Å². The molecule has 1 unspecified atom stereocenters. The number of nitrogens with one attached hydrogen (secondary N) is 1. The molecule has 1 aromatic heterocycles. The molecule has 104 valence electrons. The fourth-order valence-corrected chi connectivity index (χ4v) is 2.43. The average molecular weight is 262 g/mol. The Kier molecular flexibility index (Phi) is 3.94. The van der Waals surface area contributed by atoms with Crippen LogP contribution in [0.5, 0.6) is 0 Å². The maximum absolute atomic E-state index is 5.52. The van der Waals surface area contributed by atoms with Gasteiger partial charge >= 0.3 is 0 Å². The lowest BCUT2D eigenvalue weighted by molar-refractivity contribution is 0.0924. The fourth-order valence-electron chi connectivity index (χ4n) is 2.43. The standard InChI is InChI=1S/C14H22N4O/c1-2-13-10-19-8-7-18(13)14-6-5-12(16-17-14)9-15-11-3-4-11/h5-6,11,13,15H,2-4,7-10H2,1H3. The van der Waals surface area contributed by atoms with Crippen LogP contribution in [0.2, 0.25) is 0 Å². The van der Waals surface area contributed by atoms with Crippen molar-refractivity contribution >= 4 is 5.82 Å². The number of anilines is 1. The maximum atomic E-state index is 5.52. The Bertz CT molecular complexity index is 404. The normalized spacial score (nSPS) is 23.6. The number of aromatic nitrogens is 2. The molecule has 1 saturated heterocycles. The first-order valence-corrected chi connectivity index (χ1v) is 7.27. The Morgan fingerprint density at radius 2 is 2.26 bits per heavy atom. The predicted molar refractivity (Wildman–Crippen MR) is 74.1 cm³/mol. The zero-order chi connectivity index (χ0) is 13.1. The first-order chi connectivity index (χ1) is 9.36. The highest BCUT2D eigenvalue weighted by Gasteiger charge is 2.23. The number of nitrogens with zero attached hydrogens (tertiary/aromatic N) is 3. The molecule has 1 atom stereocenters. The van der Waals surface area contributed by atoms with Gasteiger partial charge in [-0.15, -0.1) is 5.10 Å². The Morgan fingerprint density at radius 3 is 2.95 bits per heavy atom. The predicted octanol–water partition coefficient (Wildman–Crippen LogP) is 1.34. The van der Waals surface area contributed by atoms with E-state index < -0.39 is 0 Å². The van der Waals surface area contributed by atoms with Crippen LogP contribution >= 0.6 is 0 Å². The molecule has 0 radical (unpaired) electrons. The van der Waals surface area contributed by atoms with E-state index in [1.54, 1.807) is 0 Å². The minimum absolute atomic E-state index is 0.429. The van der Waals surface area contributed by atoms with Crippen molar-refractivity contribution in [3.05, 3.63) is 17.8 Å². The lowest BCUT2D eigenvalue weighted by Crippen LogP contribution is -2.45. The van der Waals surface area contributed by atoms with E-state index in [1.165, 1.54) is 12.8 Å². The van der Waals surface area contributed by atoms with Crippen LogP contribution in [-0.2, 0) is 11.3 Å². The fraction of sp³-hybridized carbons (Fsp3) is 0.714. The molecule has 19 heavy (non-hydrogen) atoms. The van der Waals surface area contributed by atoms with Crippen LogP contribution in [0.15, 0.2) is 12.1 Å². The van der Waals surface area contributed by atoms with E-state index in [0.717, 1.165) is 44.2 Å². The Hall–Kier alpha value is -1.20. The lowest BCUT2D eigenvalue weighted by Gasteiger charge is -2.35. The van der Waals surface area contributed by atoms with Crippen LogP contribution in [0.4, 0.5) is 5.82 Å². The van der Waals surface area contributed by atoms with Crippen LogP contribution in [0.25, 0.3) is 0 Å². The minimum atomic E-state index is 0.429. The van der Waals surface area contributed by atoms with Gasteiger partial charge in [0.25, 0.3) is 0 Å². The number of hydrogen-bond acceptors (Lipinski definition) is 5. The van der Waals surface area contributed by atoms with Gasteiger partial charge in [0, 0.05) is 19.1 Å². The Morgan fingerprint density at radius 1 is 1.37 bits per heavy atom. The Labute approximate surface area is 114 Å². The summed E-state index contributed by atoms with van der Waals surface area (Å²) in [7, 11) is 0. The first-order valence-electron chi connectivity index (χ1n) is 7.27. The number of rotatable bonds is 5. The van der Waals surface area contributed by atoms with Crippen LogP contribution < -0.4 is 10.2 Å². The topological polar surface area (TPSA) is 50.3 Å². The largest absolute Gasteiger partial charge is 0.377 e. The second-order valence-electron chi connectivity index (χ2n) is 5.37. The third-order valence-corrected chi connectivity index (χ3v) is 3.85. The molecule has 2 aliphatic rings. The molecule has 2 fully saturated rings. The SMILES string of the molecule is CCC1COCCN1c1ccc(CNC2CC2)nn1. The van der Waals surface area contributed by atoms with E-state index in [9.17, 15) is 0 Å². The summed E-state index contributed by atoms with van der Waals surface area (Å²) in [6, 6.07) is 5.31. The third-order valence-electron chi connectivity index (χ3n) is 3.85. The first kappa shape index (κ1) is 12.8. The van der Waals surface area contributed by atoms with Crippen molar-refractivity contribution < 1.29 is 4.74 Å². The summed E-state index contributed by atoms with van der Waals surface area (Å²) < 4.78 is 5.52. The zero-order valence-electron chi connectivity index (χ0n) is 11.5. The quantitative estimate of drug-likeness (QED) is 0.868. The van der Waals surface area contributed by atoms with Crippen molar-refractivity contribution in [1.82, 2.24) is 15.5 Å². The highest BCUT2D eigenvalue weighted by atomic mass is 16.5. The van der Waals surface area contributed by atoms with Crippen LogP contribution in [0, 0.1) is 0 Å². The van der Waals surface area contributed by atoms with Crippen LogP contribution in [0.1, 0.15) is 31.9 Å². The molecule has 3 rings (SSSR count). The minimum Gasteiger partial charge on any atom is -0.377 e. The van der Waals surface area contributed by atoms with E-state index in [0.29, 0.717) is 12.1 Å². The maximum Gasteiger partial charge on any atom is 0.151 e. The molecule has 1 N–H and O–H groups in total. The number of ether oxygens (including phenoxy) is 1. The smallest absolute Gasteiger partial charge is 0.151 e. The molecule has 1 aliphatic heterocycles. The van der Waals surface area contributed by atoms with Crippen molar-refractivity contribution in [3.63, 3.8) is 0 Å². The van der Waals surface area contributed by atoms with Crippen molar-refractivity contribution in [2.75, 3.05) is 24.7 Å². The van der Waals surface area contributed by atoms with Gasteiger partial charge in [-0.2, -0.15) is 5.10 Å². The van der Waals surface area contributed by atoms with Gasteiger partial charge in [-0.05, 0) is 31.4 Å². The van der Waals surface area contributed by atoms with Crippen LogP contribution in [-0.4, -0.2) is 42.0 Å². The summed E-state index contributed by atoms with van der Waals surface area (Å²) in [4.78, 5) is 2.31. The van der Waals surface area contributed by atoms with Gasteiger partial charge in [0.05, 0.1) is 24.9 Å². The molecule has 0 aromatic carbocycles. The monoisotopic (exact) mass is 262 g/mol. The molecule has 0 bridgehead atoms. The molecule has 0 spiro atoms. The molecule has 1 aliphatic carbocycles. The molecule has 5 heteroatoms. The summed E-state index contributed by atoms with van der Waals surface area (Å²) >= 11 is 0. The molecule has 1 aromatic rings. The van der Waals surface area contributed by atoms with E-state index in [4.69, 9.17) is 4.74 Å². The summed E-state index contributed by atoms with van der Waals surface area (Å²) in [6.07, 6.45) is 3.68. The van der Waals surface area contributed by atoms with E-state index >= 15 is 0 Å². The van der Waals surface area contributed by atoms with Crippen molar-refractivity contribution in [1.29, 1.82) is 0 Å². The molecule has 2 heterocycles. The summed E-state index contributed by atoms with van der Waals surface area (Å²) in [5.74, 6) is 0.977. The Balaban J connectivity index is 1.62. The number of morpholine rings is 1. The van der Waals surface area contributed by atoms with Crippen molar-refractivity contribution in [3.8, 4) is 0 Å². The summed E-state index contributed by atoms with van der Waals surface area (Å²) in [6.45, 7) is 5.51. The second kappa shape index (κ2) is 5.84. The molecule has 0 amide bonds. The zero-order valence-corrected chi connectivity index (χ0v) is 11.5. The van der Waals surface area contributed by atoms with Gasteiger partial charge in [-0.25, -0.2) is 0 Å². The highest BCUT2D eigenvalue weighted by molar-refractivity contribution is 5.39. The third kappa shape index (κ3) is 3.22. The summed E-state index contributed by atoms with van der Waals surface area (Å²) in [5, 5.41) is 12.2. The van der Waals surface area contributed by atoms with Crippen molar-refractivity contribution in [2.24, 2.45) is 0 Å². The molecular weight excluding hydrogens is 240 g/mol. The molecular formula is C14H22N4O. The molecule has 1 saturated carbocycles. The van der Waals surface area contributed by atoms with Gasteiger partial charge in [-0.3, -0.25) is 0 Å². The van der Waals surface area contributed by atoms with E-state index in [2.05, 4.69) is 39.5 Å². The van der Waals surface area contributed by atoms with Gasteiger partial charge in [0.1, 0.15) is 0 Å². The number of hydrogen-bond donors (Lipinski definition) is 1. The lowest BCUT2D eigenvalue weighted by atomic mass is 10.2. The molecule has 5 nitrogen and oxygen atoms in total. The second-order valence-corrected chi connectivity index (χ2v) is 5.37. The highest BCUT2D eigenvalue weighted by Crippen LogP contribution is 2.20. The van der Waals surface area contributed by atoms with E-state index in [1.807, 2.05) is 0 Å². The van der Waals surface area contributed by atoms with Gasteiger partial charge in [0.15, 0.2) is 5.82 Å². The van der Waals surface area contributed by atoms with Crippen molar-refractivity contribution in [2.45, 2.75) is 44.8 Å². The van der Waals surface area contributed by atoms with E-state index in [-0.39, 0.29) is 0 Å².